The molecule has 0 spiro atoms. The minimum Gasteiger partial charge on any atom is -0.383 e. The lowest BCUT2D eigenvalue weighted by Gasteiger charge is -2.22. The summed E-state index contributed by atoms with van der Waals surface area (Å²) in [6.07, 6.45) is 0.218. The van der Waals surface area contributed by atoms with Crippen molar-refractivity contribution in [1.82, 2.24) is 14.7 Å². The van der Waals surface area contributed by atoms with Crippen molar-refractivity contribution >= 4 is 10.1 Å². The summed E-state index contributed by atoms with van der Waals surface area (Å²) in [5, 5.41) is 4.54. The molecule has 1 aliphatic heterocycles. The monoisotopic (exact) mass is 463 g/mol. The fraction of sp³-hybridized carbons (Fsp3) is 0.318. The Bertz CT molecular complexity index is 1200. The molecule has 7 nitrogen and oxygen atoms in total. The summed E-state index contributed by atoms with van der Waals surface area (Å²) >= 11 is 0. The predicted molar refractivity (Wildman–Crippen MR) is 114 cm³/mol. The van der Waals surface area contributed by atoms with E-state index < -0.39 is 15.9 Å². The molecule has 2 heterocycles. The van der Waals surface area contributed by atoms with E-state index in [1.165, 1.54) is 28.9 Å². The molecule has 10 heteroatoms. The van der Waals surface area contributed by atoms with Crippen LogP contribution in [0.25, 0.3) is 5.69 Å². The molecule has 4 rings (SSSR count). The average molecular weight is 464 g/mol. The molecule has 1 aromatic heterocycles. The maximum Gasteiger partial charge on any atom is 0.311 e. The second-order valence-electron chi connectivity index (χ2n) is 7.52. The molecule has 0 fully saturated rings. The number of methoxy groups -OCH3 is 1. The van der Waals surface area contributed by atoms with Crippen LogP contribution in [-0.4, -0.2) is 49.1 Å². The van der Waals surface area contributed by atoms with Crippen molar-refractivity contribution in [2.75, 3.05) is 26.0 Å². The van der Waals surface area contributed by atoms with E-state index in [2.05, 4.69) is 5.10 Å². The number of benzene rings is 2. The lowest BCUT2D eigenvalue weighted by Crippen LogP contribution is -2.28. The molecule has 0 saturated carbocycles. The first-order valence-electron chi connectivity index (χ1n) is 10.1. The number of fused-ring (bicyclic) bond motifs is 1. The van der Waals surface area contributed by atoms with Crippen molar-refractivity contribution in [3.8, 4) is 11.6 Å². The zero-order valence-electron chi connectivity index (χ0n) is 17.5. The summed E-state index contributed by atoms with van der Waals surface area (Å²) in [5.74, 6) is -1.01. The standard InChI is InChI=1S/C22H23F2N3O4S/c1-30-12-11-26(14-16-6-8-17(23)9-7-16)15-20-18-10-13-32(28,29)31-22(18)27(25-20)21-5-3-2-4-19(21)24/h2-9H,10-15H2,1H3. The Labute approximate surface area is 185 Å². The second kappa shape index (κ2) is 9.35. The van der Waals surface area contributed by atoms with E-state index in [-0.39, 0.29) is 29.6 Å². The first kappa shape index (κ1) is 22.4. The van der Waals surface area contributed by atoms with E-state index in [1.807, 2.05) is 4.90 Å². The van der Waals surface area contributed by atoms with Gasteiger partial charge in [-0.05, 0) is 36.2 Å². The Morgan fingerprint density at radius 1 is 1.12 bits per heavy atom. The van der Waals surface area contributed by atoms with Gasteiger partial charge in [0, 0.05) is 32.3 Å². The Morgan fingerprint density at radius 3 is 2.59 bits per heavy atom. The third kappa shape index (κ3) is 4.98. The molecule has 170 valence electrons. The van der Waals surface area contributed by atoms with Crippen molar-refractivity contribution in [3.63, 3.8) is 0 Å². The molecule has 0 aliphatic carbocycles. The number of para-hydroxylation sites is 1. The number of hydrogen-bond donors (Lipinski definition) is 0. The Balaban J connectivity index is 1.69. The summed E-state index contributed by atoms with van der Waals surface area (Å²) < 4.78 is 63.7. The molecule has 0 bridgehead atoms. The van der Waals surface area contributed by atoms with Crippen LogP contribution in [0.2, 0.25) is 0 Å². The van der Waals surface area contributed by atoms with Crippen molar-refractivity contribution < 1.29 is 26.1 Å². The highest BCUT2D eigenvalue weighted by atomic mass is 32.2. The number of aromatic nitrogens is 2. The van der Waals surface area contributed by atoms with E-state index in [0.29, 0.717) is 37.5 Å². The van der Waals surface area contributed by atoms with Crippen LogP contribution in [0, 0.1) is 11.6 Å². The fourth-order valence-electron chi connectivity index (χ4n) is 3.61. The summed E-state index contributed by atoms with van der Waals surface area (Å²) in [5.41, 5.74) is 2.23. The predicted octanol–water partition coefficient (Wildman–Crippen LogP) is 3.06. The smallest absolute Gasteiger partial charge is 0.311 e. The molecule has 0 unspecified atom stereocenters. The highest BCUT2D eigenvalue weighted by Crippen LogP contribution is 2.33. The summed E-state index contributed by atoms with van der Waals surface area (Å²) in [7, 11) is -2.17. The summed E-state index contributed by atoms with van der Waals surface area (Å²) in [6.45, 7) is 1.88. The topological polar surface area (TPSA) is 73.7 Å². The SMILES string of the molecule is COCCN(Cc1ccc(F)cc1)Cc1nn(-c2ccccc2F)c2c1CCS(=O)(=O)O2. The maximum absolute atomic E-state index is 14.5. The van der Waals surface area contributed by atoms with Crippen LogP contribution in [0.4, 0.5) is 8.78 Å². The van der Waals surface area contributed by atoms with Gasteiger partial charge in [0.1, 0.15) is 17.3 Å². The number of ether oxygens (including phenoxy) is 1. The van der Waals surface area contributed by atoms with Gasteiger partial charge in [-0.3, -0.25) is 4.90 Å². The maximum atomic E-state index is 14.5. The summed E-state index contributed by atoms with van der Waals surface area (Å²) in [6, 6.07) is 12.2. The van der Waals surface area contributed by atoms with E-state index in [9.17, 15) is 17.2 Å². The van der Waals surface area contributed by atoms with E-state index in [4.69, 9.17) is 8.92 Å². The van der Waals surface area contributed by atoms with Gasteiger partial charge in [-0.25, -0.2) is 8.78 Å². The molecule has 0 amide bonds. The van der Waals surface area contributed by atoms with Crippen molar-refractivity contribution in [2.45, 2.75) is 19.5 Å². The first-order valence-corrected chi connectivity index (χ1v) is 11.7. The van der Waals surface area contributed by atoms with Crippen molar-refractivity contribution in [3.05, 3.63) is 77.0 Å². The number of halogens is 2. The third-order valence-corrected chi connectivity index (χ3v) is 6.33. The third-order valence-electron chi connectivity index (χ3n) is 5.21. The Kier molecular flexibility index (Phi) is 6.54. The zero-order valence-corrected chi connectivity index (χ0v) is 18.3. The molecule has 0 saturated heterocycles. The highest BCUT2D eigenvalue weighted by molar-refractivity contribution is 7.87. The van der Waals surface area contributed by atoms with Crippen LogP contribution in [0.15, 0.2) is 48.5 Å². The van der Waals surface area contributed by atoms with Gasteiger partial charge in [-0.1, -0.05) is 24.3 Å². The Morgan fingerprint density at radius 2 is 1.88 bits per heavy atom. The first-order chi connectivity index (χ1) is 15.4. The molecule has 2 aromatic carbocycles. The van der Waals surface area contributed by atoms with Crippen LogP contribution < -0.4 is 4.18 Å². The quantitative estimate of drug-likeness (QED) is 0.478. The van der Waals surface area contributed by atoms with Gasteiger partial charge < -0.3 is 8.92 Å². The van der Waals surface area contributed by atoms with E-state index in [1.54, 1.807) is 31.4 Å². The molecule has 32 heavy (non-hydrogen) atoms. The second-order valence-corrected chi connectivity index (χ2v) is 9.21. The highest BCUT2D eigenvalue weighted by Gasteiger charge is 2.32. The van der Waals surface area contributed by atoms with Crippen LogP contribution in [0.5, 0.6) is 5.88 Å². The number of nitrogens with zero attached hydrogens (tertiary/aromatic N) is 3. The number of hydrogen-bond acceptors (Lipinski definition) is 6. The molecule has 3 aromatic rings. The van der Waals surface area contributed by atoms with Crippen LogP contribution in [-0.2, 0) is 34.4 Å². The van der Waals surface area contributed by atoms with Gasteiger partial charge in [-0.2, -0.15) is 18.2 Å². The summed E-state index contributed by atoms with van der Waals surface area (Å²) in [4.78, 5) is 2.05. The molecular weight excluding hydrogens is 440 g/mol. The van der Waals surface area contributed by atoms with Gasteiger partial charge in [0.15, 0.2) is 0 Å². The minimum atomic E-state index is -3.77. The molecule has 0 radical (unpaired) electrons. The van der Waals surface area contributed by atoms with Crippen LogP contribution in [0.3, 0.4) is 0 Å². The van der Waals surface area contributed by atoms with Gasteiger partial charge in [-0.15, -0.1) is 0 Å². The van der Waals surface area contributed by atoms with Crippen LogP contribution >= 0.6 is 0 Å². The Hall–Kier alpha value is -2.82. The van der Waals surface area contributed by atoms with Gasteiger partial charge in [0.25, 0.3) is 0 Å². The van der Waals surface area contributed by atoms with E-state index >= 15 is 0 Å². The normalized spacial score (nSPS) is 14.9. The van der Waals surface area contributed by atoms with Gasteiger partial charge in [0.05, 0.1) is 18.1 Å². The average Bonchev–Trinajstić information content (AvgIpc) is 3.10. The van der Waals surface area contributed by atoms with Crippen LogP contribution in [0.1, 0.15) is 16.8 Å². The lowest BCUT2D eigenvalue weighted by molar-refractivity contribution is 0.139. The number of rotatable bonds is 8. The molecule has 0 N–H and O–H groups in total. The molecule has 0 atom stereocenters. The largest absolute Gasteiger partial charge is 0.383 e. The van der Waals surface area contributed by atoms with Crippen molar-refractivity contribution in [1.29, 1.82) is 0 Å². The molecular formula is C22H23F2N3O4S. The minimum absolute atomic E-state index is 0.0184. The lowest BCUT2D eigenvalue weighted by atomic mass is 10.1. The zero-order chi connectivity index (χ0) is 22.7. The fourth-order valence-corrected chi connectivity index (χ4v) is 4.56. The van der Waals surface area contributed by atoms with Gasteiger partial charge >= 0.3 is 10.1 Å². The van der Waals surface area contributed by atoms with E-state index in [0.717, 1.165) is 5.56 Å². The van der Waals surface area contributed by atoms with Crippen molar-refractivity contribution in [2.24, 2.45) is 0 Å². The molecule has 1 aliphatic rings. The van der Waals surface area contributed by atoms with Gasteiger partial charge in [0.2, 0.25) is 5.88 Å².